The maximum Gasteiger partial charge on any atom is 0.363 e. The van der Waals surface area contributed by atoms with Gasteiger partial charge in [-0.1, -0.05) is 24.0 Å². The zero-order chi connectivity index (χ0) is 58.1. The fraction of sp³-hybridized carbons (Fsp3) is 0.439. The molecule has 0 radical (unpaired) electrons. The molecule has 5 aliphatic rings. The molecule has 1 aliphatic carbocycles. The average molecular weight is 1180 g/mol. The number of amides is 4. The molecular formula is C57H68N5O16S3+. The quantitative estimate of drug-likeness (QED) is 0.0283. The third-order valence-electron chi connectivity index (χ3n) is 15.3. The molecule has 1 atom stereocenters. The van der Waals surface area contributed by atoms with Crippen molar-refractivity contribution in [3.63, 3.8) is 0 Å². The predicted molar refractivity (Wildman–Crippen MR) is 299 cm³/mol. The normalized spacial score (nSPS) is 22.1. The molecule has 1 saturated heterocycles. The van der Waals surface area contributed by atoms with Crippen LogP contribution in [0.25, 0.3) is 0 Å². The minimum Gasteiger partial charge on any atom is -0.457 e. The Morgan fingerprint density at radius 1 is 0.753 bits per heavy atom. The fourth-order valence-electron chi connectivity index (χ4n) is 11.1. The highest BCUT2D eigenvalue weighted by Gasteiger charge is 2.46. The van der Waals surface area contributed by atoms with E-state index in [0.29, 0.717) is 103 Å². The highest BCUT2D eigenvalue weighted by Crippen LogP contribution is 2.52. The summed E-state index contributed by atoms with van der Waals surface area (Å²) in [6, 6.07) is 16.2. The maximum atomic E-state index is 13.2. The minimum atomic E-state index is -4.67. The minimum absolute atomic E-state index is 0.000428. The molecule has 24 heteroatoms. The van der Waals surface area contributed by atoms with E-state index in [2.05, 4.69) is 40.2 Å². The van der Waals surface area contributed by atoms with Crippen LogP contribution in [-0.2, 0) is 64.5 Å². The Hall–Kier alpha value is -6.51. The highest BCUT2D eigenvalue weighted by atomic mass is 32.2. The Bertz CT molecular complexity index is 3320. The molecule has 4 amide bonds. The summed E-state index contributed by atoms with van der Waals surface area (Å²) in [5.74, 6) is -2.14. The van der Waals surface area contributed by atoms with Crippen LogP contribution in [0.15, 0.2) is 117 Å². The topological polar surface area (TPSA) is 285 Å². The lowest BCUT2D eigenvalue weighted by molar-refractivity contribution is -0.438. The van der Waals surface area contributed by atoms with Gasteiger partial charge in [-0.25, -0.2) is 10.1 Å². The summed E-state index contributed by atoms with van der Waals surface area (Å²) in [4.78, 5) is 70.9. The third-order valence-corrected chi connectivity index (χ3v) is 17.5. The van der Waals surface area contributed by atoms with Crippen LogP contribution in [0.4, 0.5) is 11.4 Å². The first kappa shape index (κ1) is 60.6. The van der Waals surface area contributed by atoms with Gasteiger partial charge < -0.3 is 25.1 Å². The molecule has 21 nitrogen and oxygen atoms in total. The van der Waals surface area contributed by atoms with Crippen LogP contribution in [0.2, 0.25) is 0 Å². The van der Waals surface area contributed by atoms with E-state index in [-0.39, 0.29) is 67.6 Å². The van der Waals surface area contributed by atoms with Crippen molar-refractivity contribution in [2.45, 2.75) is 138 Å². The number of imide groups is 1. The van der Waals surface area contributed by atoms with Gasteiger partial charge >= 0.3 is 5.97 Å². The summed E-state index contributed by atoms with van der Waals surface area (Å²) in [6.45, 7) is 7.42. The molecule has 0 aromatic heterocycles. The summed E-state index contributed by atoms with van der Waals surface area (Å²) in [6.07, 6.45) is 14.5. The summed E-state index contributed by atoms with van der Waals surface area (Å²) < 4.78 is 83.6. The number of hydrogen-bond acceptors (Lipinski definition) is 16. The monoisotopic (exact) mass is 1170 g/mol. The van der Waals surface area contributed by atoms with Crippen LogP contribution < -0.4 is 20.3 Å². The number of nitrogens with zero attached hydrogens (tertiary/aromatic N) is 3. The highest BCUT2D eigenvalue weighted by molar-refractivity contribution is 7.94. The van der Waals surface area contributed by atoms with Crippen molar-refractivity contribution in [1.82, 2.24) is 15.7 Å². The SMILES string of the molecule is CC1(C)C2=[N+](CCCCCC(=O)NCCNC(=O)CCCCCC3(C)/C(=C/C=C4\CCCC(=C4Oc4ccc(C(=O)ON5C(=O)CCC5=O)cc4)C=C2)N(CCCS(=O)(=O)O)c2ccc(S(=O)(=O)O)cc23)c2ccc(SOOO)cc21. The summed E-state index contributed by atoms with van der Waals surface area (Å²) in [5, 5.41) is 19.1. The second-order valence-electron chi connectivity index (χ2n) is 21.3. The van der Waals surface area contributed by atoms with Crippen molar-refractivity contribution in [2.75, 3.05) is 36.8 Å². The van der Waals surface area contributed by atoms with Crippen LogP contribution in [0, 0.1) is 0 Å². The number of carbonyl (C=O) groups excluding carboxylic acids is 5. The number of benzene rings is 3. The van der Waals surface area contributed by atoms with E-state index in [4.69, 9.17) is 19.2 Å². The first-order valence-corrected chi connectivity index (χ1v) is 30.9. The standard InChI is InChI=1S/C57H67N5O16S3/c1-56(2)44-36-42(79-78-77-68)22-24-46(44)60-33-9-5-7-15-51(64)59-32-31-58-50(63)14-6-4-8-30-57(3)45-37-43(81(72,73)74)23-25-47(45)61(34-11-35-80(69,70)71)49(57)27-19-39-13-10-12-38(18-26-48(56)60)54(39)75-41-20-16-40(17-21-41)55(67)76-62-52(65)28-29-53(62)66/h16-27,36-37H,4-15,28-35H2,1-3H3,(H4-,58,59,63,64,68,69,70,71,72,73,74)/p+1. The molecule has 81 heavy (non-hydrogen) atoms. The predicted octanol–water partition coefficient (Wildman–Crippen LogP) is 8.65. The van der Waals surface area contributed by atoms with Gasteiger partial charge in [0.25, 0.3) is 32.1 Å². The maximum absolute atomic E-state index is 13.2. The van der Waals surface area contributed by atoms with Gasteiger partial charge in [-0.3, -0.25) is 28.3 Å². The number of rotatable bonds is 12. The van der Waals surface area contributed by atoms with Gasteiger partial charge in [-0.15, -0.1) is 9.40 Å². The van der Waals surface area contributed by atoms with Crippen LogP contribution in [0.1, 0.15) is 139 Å². The lowest BCUT2D eigenvalue weighted by Gasteiger charge is -2.31. The number of allylic oxidation sites excluding steroid dienone is 7. The van der Waals surface area contributed by atoms with E-state index in [1.807, 2.05) is 48.3 Å². The van der Waals surface area contributed by atoms with Crippen molar-refractivity contribution >= 4 is 79.0 Å². The van der Waals surface area contributed by atoms with Gasteiger partial charge in [0.1, 0.15) is 18.1 Å². The fourth-order valence-corrected chi connectivity index (χ4v) is 12.5. The van der Waals surface area contributed by atoms with Crippen LogP contribution in [-0.4, -0.2) is 108 Å². The number of ether oxygens (including phenoxy) is 1. The molecule has 3 aromatic carbocycles. The number of hydroxylamine groups is 2. The Balaban J connectivity index is 1.26. The molecule has 3 aromatic rings. The molecule has 1 fully saturated rings. The van der Waals surface area contributed by atoms with E-state index < -0.39 is 54.6 Å². The summed E-state index contributed by atoms with van der Waals surface area (Å²) in [7, 11) is -9.04. The molecule has 0 spiro atoms. The second-order valence-corrected chi connectivity index (χ2v) is 25.1. The number of carbonyl (C=O) groups is 5. The zero-order valence-corrected chi connectivity index (χ0v) is 47.9. The van der Waals surface area contributed by atoms with Crippen LogP contribution >= 0.6 is 12.0 Å². The van der Waals surface area contributed by atoms with Crippen molar-refractivity contribution in [3.05, 3.63) is 124 Å². The van der Waals surface area contributed by atoms with Gasteiger partial charge in [0, 0.05) is 91.1 Å². The number of anilines is 1. The Morgan fingerprint density at radius 3 is 2.11 bits per heavy atom. The smallest absolute Gasteiger partial charge is 0.363 e. The molecule has 8 rings (SSSR count). The molecule has 5 N–H and O–H groups in total. The lowest BCUT2D eigenvalue weighted by atomic mass is 9.77. The van der Waals surface area contributed by atoms with E-state index in [9.17, 15) is 49.9 Å². The first-order valence-electron chi connectivity index (χ1n) is 27.1. The molecule has 4 aliphatic heterocycles. The van der Waals surface area contributed by atoms with E-state index >= 15 is 0 Å². The summed E-state index contributed by atoms with van der Waals surface area (Å²) >= 11 is 0.857. The molecule has 4 heterocycles. The van der Waals surface area contributed by atoms with Gasteiger partial charge in [-0.2, -0.15) is 21.4 Å². The molecular weight excluding hydrogens is 1110 g/mol. The van der Waals surface area contributed by atoms with Crippen molar-refractivity contribution < 1.29 is 78.7 Å². The average Bonchev–Trinajstić information content (AvgIpc) is 4.14. The van der Waals surface area contributed by atoms with Crippen LogP contribution in [0.5, 0.6) is 5.75 Å². The Kier molecular flexibility index (Phi) is 19.6. The van der Waals surface area contributed by atoms with E-state index in [1.54, 1.807) is 18.2 Å². The first-order chi connectivity index (χ1) is 38.6. The Morgan fingerprint density at radius 2 is 1.44 bits per heavy atom. The largest absolute Gasteiger partial charge is 0.457 e. The van der Waals surface area contributed by atoms with Crippen molar-refractivity contribution in [3.8, 4) is 5.75 Å². The van der Waals surface area contributed by atoms with E-state index in [0.717, 1.165) is 53.0 Å². The van der Waals surface area contributed by atoms with Gasteiger partial charge in [0.05, 0.1) is 33.7 Å². The molecule has 2 bridgehead atoms. The zero-order valence-electron chi connectivity index (χ0n) is 45.4. The van der Waals surface area contributed by atoms with Crippen molar-refractivity contribution in [1.29, 1.82) is 0 Å². The third kappa shape index (κ3) is 14.8. The lowest BCUT2D eigenvalue weighted by Crippen LogP contribution is -2.34. The summed E-state index contributed by atoms with van der Waals surface area (Å²) in [5.41, 5.74) is 4.83. The molecule has 434 valence electrons. The van der Waals surface area contributed by atoms with Gasteiger partial charge in [-0.05, 0) is 156 Å². The molecule has 1 unspecified atom stereocenters. The number of hydrogen-bond donors (Lipinski definition) is 5. The van der Waals surface area contributed by atoms with Gasteiger partial charge in [0.15, 0.2) is 5.71 Å². The Labute approximate surface area is 475 Å². The van der Waals surface area contributed by atoms with Gasteiger partial charge in [0.2, 0.25) is 17.5 Å². The van der Waals surface area contributed by atoms with E-state index in [1.165, 1.54) is 24.3 Å². The van der Waals surface area contributed by atoms with Crippen LogP contribution in [0.3, 0.4) is 0 Å². The molecule has 0 saturated carbocycles. The number of nitrogens with one attached hydrogen (secondary N) is 2. The second kappa shape index (κ2) is 26.2. The van der Waals surface area contributed by atoms with Crippen molar-refractivity contribution in [2.24, 2.45) is 0 Å². The number of fused-ring (bicyclic) bond motifs is 6.